The number of amides is 1. The number of hydrogen-bond donors (Lipinski definition) is 2. The molecule has 0 atom stereocenters. The predicted molar refractivity (Wildman–Crippen MR) is 65.4 cm³/mol. The number of carbonyl (C=O) groups excluding carboxylic acids is 2. The Morgan fingerprint density at radius 3 is 2.38 bits per heavy atom. The van der Waals surface area contributed by atoms with Gasteiger partial charge in [-0.2, -0.15) is 0 Å². The molecule has 0 unspecified atom stereocenters. The molecule has 0 spiro atoms. The first-order valence-corrected chi connectivity index (χ1v) is 5.33. The van der Waals surface area contributed by atoms with E-state index in [2.05, 4.69) is 5.32 Å². The first-order chi connectivity index (χ1) is 7.14. The molecule has 16 heavy (non-hydrogen) atoms. The maximum absolute atomic E-state index is 11.7. The molecule has 1 fully saturated rings. The fraction of sp³-hybridized carbons (Fsp3) is 0.800. The van der Waals surface area contributed by atoms with Gasteiger partial charge in [0, 0.05) is 0 Å². The van der Waals surface area contributed by atoms with E-state index in [4.69, 9.17) is 10.5 Å². The third-order valence-corrected chi connectivity index (χ3v) is 2.69. The lowest BCUT2D eigenvalue weighted by Crippen LogP contribution is -2.54. The summed E-state index contributed by atoms with van der Waals surface area (Å²) in [5.74, 6) is -0.630. The van der Waals surface area contributed by atoms with Gasteiger partial charge in [0.05, 0.1) is 13.2 Å². The molecule has 0 radical (unpaired) electrons. The zero-order chi connectivity index (χ0) is 11.3. The third kappa shape index (κ3) is 3.45. The number of halogens is 1. The van der Waals surface area contributed by atoms with Gasteiger partial charge < -0.3 is 15.8 Å². The lowest BCUT2D eigenvalue weighted by molar-refractivity contribution is -0.153. The summed E-state index contributed by atoms with van der Waals surface area (Å²) in [6.07, 6.45) is 3.17. The summed E-state index contributed by atoms with van der Waals surface area (Å²) in [7, 11) is 0. The Labute approximate surface area is 106 Å². The van der Waals surface area contributed by atoms with Gasteiger partial charge in [0.1, 0.15) is 5.54 Å². The predicted octanol–water partition coefficient (Wildman–Crippen LogP) is 0.515. The van der Waals surface area contributed by atoms with E-state index in [0.29, 0.717) is 19.4 Å². The molecule has 0 bridgehead atoms. The first-order valence-electron chi connectivity index (χ1n) is 5.33. The Hall–Kier alpha value is -0.620. The van der Waals surface area contributed by atoms with Crippen molar-refractivity contribution in [1.82, 2.24) is 5.32 Å². The second-order valence-corrected chi connectivity index (χ2v) is 3.76. The van der Waals surface area contributed by atoms with Gasteiger partial charge in [-0.25, -0.2) is 4.79 Å². The van der Waals surface area contributed by atoms with Crippen LogP contribution in [0.2, 0.25) is 0 Å². The number of rotatable bonds is 4. The van der Waals surface area contributed by atoms with Crippen molar-refractivity contribution in [2.75, 3.05) is 13.2 Å². The summed E-state index contributed by atoms with van der Waals surface area (Å²) in [6.45, 7) is 1.99. The Morgan fingerprint density at radius 2 is 1.94 bits per heavy atom. The summed E-state index contributed by atoms with van der Waals surface area (Å²) in [4.78, 5) is 23.0. The summed E-state index contributed by atoms with van der Waals surface area (Å²) >= 11 is 0. The Kier molecular flexibility index (Phi) is 6.59. The van der Waals surface area contributed by atoms with E-state index in [1.165, 1.54) is 0 Å². The van der Waals surface area contributed by atoms with Gasteiger partial charge in [0.15, 0.2) is 0 Å². The highest BCUT2D eigenvalue weighted by molar-refractivity contribution is 8.93. The van der Waals surface area contributed by atoms with Crippen LogP contribution in [0.4, 0.5) is 0 Å². The second kappa shape index (κ2) is 6.85. The third-order valence-electron chi connectivity index (χ3n) is 2.69. The van der Waals surface area contributed by atoms with Crippen LogP contribution in [0.3, 0.4) is 0 Å². The fourth-order valence-corrected chi connectivity index (χ4v) is 1.95. The minimum Gasteiger partial charge on any atom is -0.464 e. The largest absolute Gasteiger partial charge is 0.464 e. The number of nitrogens with one attached hydrogen (secondary N) is 1. The van der Waals surface area contributed by atoms with Gasteiger partial charge >= 0.3 is 5.97 Å². The molecule has 0 heterocycles. The number of ether oxygens (including phenoxy) is 1. The molecule has 94 valence electrons. The van der Waals surface area contributed by atoms with Crippen LogP contribution >= 0.6 is 17.0 Å². The number of carbonyl (C=O) groups is 2. The smallest absolute Gasteiger partial charge is 0.331 e. The van der Waals surface area contributed by atoms with E-state index in [9.17, 15) is 9.59 Å². The summed E-state index contributed by atoms with van der Waals surface area (Å²) in [6, 6.07) is 0. The normalized spacial score (nSPS) is 17.4. The van der Waals surface area contributed by atoms with E-state index in [0.717, 1.165) is 12.8 Å². The van der Waals surface area contributed by atoms with Crippen LogP contribution in [0.1, 0.15) is 32.6 Å². The van der Waals surface area contributed by atoms with Crippen molar-refractivity contribution in [3.8, 4) is 0 Å². The standard InChI is InChI=1S/C10H18N2O3.BrH/c1-2-15-9(14)10(5-3-4-6-10)12-8(13)7-11;/h2-7,11H2,1H3,(H,12,13);1H. The molecule has 0 aromatic rings. The van der Waals surface area contributed by atoms with Crippen molar-refractivity contribution >= 4 is 28.9 Å². The lowest BCUT2D eigenvalue weighted by atomic mass is 9.97. The van der Waals surface area contributed by atoms with E-state index >= 15 is 0 Å². The highest BCUT2D eigenvalue weighted by Crippen LogP contribution is 2.30. The van der Waals surface area contributed by atoms with Gasteiger partial charge in [-0.3, -0.25) is 4.79 Å². The maximum atomic E-state index is 11.7. The minimum atomic E-state index is -0.813. The van der Waals surface area contributed by atoms with Crippen LogP contribution in [0.15, 0.2) is 0 Å². The van der Waals surface area contributed by atoms with Crippen LogP contribution < -0.4 is 11.1 Å². The van der Waals surface area contributed by atoms with E-state index in [1.54, 1.807) is 6.92 Å². The van der Waals surface area contributed by atoms with Crippen LogP contribution in [-0.4, -0.2) is 30.6 Å². The molecular formula is C10H19BrN2O3. The van der Waals surface area contributed by atoms with E-state index in [-0.39, 0.29) is 35.4 Å². The van der Waals surface area contributed by atoms with Gasteiger partial charge in [-0.15, -0.1) is 17.0 Å². The van der Waals surface area contributed by atoms with Crippen molar-refractivity contribution in [3.63, 3.8) is 0 Å². The maximum Gasteiger partial charge on any atom is 0.331 e. The molecule has 1 amide bonds. The lowest BCUT2D eigenvalue weighted by Gasteiger charge is -2.27. The molecule has 5 nitrogen and oxygen atoms in total. The van der Waals surface area contributed by atoms with Gasteiger partial charge in [-0.1, -0.05) is 12.8 Å². The Balaban J connectivity index is 0.00000225. The van der Waals surface area contributed by atoms with Gasteiger partial charge in [0.2, 0.25) is 5.91 Å². The SMILES string of the molecule is Br.CCOC(=O)C1(NC(=O)CN)CCCC1. The molecule has 0 aromatic heterocycles. The topological polar surface area (TPSA) is 81.4 Å². The molecular weight excluding hydrogens is 276 g/mol. The summed E-state index contributed by atoms with van der Waals surface area (Å²) in [5.41, 5.74) is 4.41. The van der Waals surface area contributed by atoms with Crippen LogP contribution in [0.5, 0.6) is 0 Å². The molecule has 6 heteroatoms. The Bertz CT molecular complexity index is 252. The van der Waals surface area contributed by atoms with Crippen LogP contribution in [0.25, 0.3) is 0 Å². The summed E-state index contributed by atoms with van der Waals surface area (Å²) < 4.78 is 4.98. The van der Waals surface area contributed by atoms with E-state index < -0.39 is 5.54 Å². The molecule has 0 aromatic carbocycles. The van der Waals surface area contributed by atoms with Crippen molar-refractivity contribution in [3.05, 3.63) is 0 Å². The van der Waals surface area contributed by atoms with Crippen molar-refractivity contribution in [2.45, 2.75) is 38.1 Å². The summed E-state index contributed by atoms with van der Waals surface area (Å²) in [5, 5.41) is 2.69. The average molecular weight is 295 g/mol. The molecule has 1 rings (SSSR count). The van der Waals surface area contributed by atoms with Crippen molar-refractivity contribution in [1.29, 1.82) is 0 Å². The van der Waals surface area contributed by atoms with Gasteiger partial charge in [-0.05, 0) is 19.8 Å². The molecule has 0 aliphatic heterocycles. The van der Waals surface area contributed by atoms with Crippen LogP contribution in [-0.2, 0) is 14.3 Å². The van der Waals surface area contributed by atoms with Crippen molar-refractivity contribution in [2.24, 2.45) is 5.73 Å². The number of nitrogens with two attached hydrogens (primary N) is 1. The van der Waals surface area contributed by atoms with Crippen LogP contribution in [0, 0.1) is 0 Å². The quantitative estimate of drug-likeness (QED) is 0.741. The number of esters is 1. The fourth-order valence-electron chi connectivity index (χ4n) is 1.95. The number of hydrogen-bond acceptors (Lipinski definition) is 4. The van der Waals surface area contributed by atoms with E-state index in [1.807, 2.05) is 0 Å². The van der Waals surface area contributed by atoms with Gasteiger partial charge in [0.25, 0.3) is 0 Å². The molecule has 1 aliphatic rings. The Morgan fingerprint density at radius 1 is 1.38 bits per heavy atom. The molecule has 1 saturated carbocycles. The minimum absolute atomic E-state index is 0. The zero-order valence-corrected chi connectivity index (χ0v) is 11.2. The highest BCUT2D eigenvalue weighted by atomic mass is 79.9. The molecule has 0 saturated heterocycles. The highest BCUT2D eigenvalue weighted by Gasteiger charge is 2.43. The molecule has 1 aliphatic carbocycles. The zero-order valence-electron chi connectivity index (χ0n) is 9.45. The molecule has 3 N–H and O–H groups in total. The van der Waals surface area contributed by atoms with Crippen molar-refractivity contribution < 1.29 is 14.3 Å². The average Bonchev–Trinajstić information content (AvgIpc) is 2.68. The monoisotopic (exact) mass is 294 g/mol. The second-order valence-electron chi connectivity index (χ2n) is 3.76. The first kappa shape index (κ1) is 15.4.